The highest BCUT2D eigenvalue weighted by molar-refractivity contribution is 6.31. The third-order valence-electron chi connectivity index (χ3n) is 4.26. The topological polar surface area (TPSA) is 74.8 Å². The van der Waals surface area contributed by atoms with Crippen molar-refractivity contribution >= 4 is 29.2 Å². The molecule has 3 N–H and O–H groups in total. The second-order valence-corrected chi connectivity index (χ2v) is 7.07. The van der Waals surface area contributed by atoms with Crippen molar-refractivity contribution in [2.24, 2.45) is 10.9 Å². The van der Waals surface area contributed by atoms with Crippen molar-refractivity contribution in [1.82, 2.24) is 10.6 Å². The average molecular weight is 397 g/mol. The first-order chi connectivity index (χ1) is 12.9. The van der Waals surface area contributed by atoms with Gasteiger partial charge in [-0.05, 0) is 43.9 Å². The third kappa shape index (κ3) is 8.63. The van der Waals surface area contributed by atoms with Crippen LogP contribution in [0.2, 0.25) is 5.02 Å². The van der Waals surface area contributed by atoms with Gasteiger partial charge in [-0.2, -0.15) is 0 Å². The molecule has 1 rings (SSSR count). The monoisotopic (exact) mass is 396 g/mol. The summed E-state index contributed by atoms with van der Waals surface area (Å²) >= 11 is 6.08. The Morgan fingerprint density at radius 3 is 2.59 bits per heavy atom. The molecule has 1 unspecified atom stereocenters. The summed E-state index contributed by atoms with van der Waals surface area (Å²) in [5, 5.41) is 9.95. The fourth-order valence-electron chi connectivity index (χ4n) is 2.63. The second-order valence-electron chi connectivity index (χ2n) is 6.66. The predicted octanol–water partition coefficient (Wildman–Crippen LogP) is 3.59. The van der Waals surface area contributed by atoms with Crippen LogP contribution in [0.1, 0.15) is 39.2 Å². The maximum Gasteiger partial charge on any atom is 0.226 e. The molecule has 0 aliphatic rings. The maximum atomic E-state index is 12.1. The molecule has 1 aromatic rings. The van der Waals surface area contributed by atoms with E-state index in [1.807, 2.05) is 26.0 Å². The SMILES string of the molecule is CCOC(CCNC(=NC)NCCC(=O)Nc1cccc(Cl)c1C)C(C)C. The number of guanidine groups is 1. The van der Waals surface area contributed by atoms with Gasteiger partial charge in [0.05, 0.1) is 6.10 Å². The number of carbonyl (C=O) groups excluding carboxylic acids is 1. The van der Waals surface area contributed by atoms with Crippen molar-refractivity contribution in [3.63, 3.8) is 0 Å². The van der Waals surface area contributed by atoms with E-state index in [1.54, 1.807) is 13.1 Å². The van der Waals surface area contributed by atoms with Crippen molar-refractivity contribution in [3.8, 4) is 0 Å². The van der Waals surface area contributed by atoms with Gasteiger partial charge in [-0.3, -0.25) is 9.79 Å². The summed E-state index contributed by atoms with van der Waals surface area (Å²) in [6.45, 7) is 10.2. The molecule has 0 saturated heterocycles. The molecule has 1 amide bonds. The Morgan fingerprint density at radius 2 is 1.96 bits per heavy atom. The molecule has 0 aliphatic heterocycles. The summed E-state index contributed by atoms with van der Waals surface area (Å²) in [6.07, 6.45) is 1.47. The van der Waals surface area contributed by atoms with Gasteiger partial charge >= 0.3 is 0 Å². The molecule has 0 aliphatic carbocycles. The molecule has 6 nitrogen and oxygen atoms in total. The van der Waals surface area contributed by atoms with Gasteiger partial charge in [0, 0.05) is 43.9 Å². The van der Waals surface area contributed by atoms with Crippen LogP contribution in [0, 0.1) is 12.8 Å². The largest absolute Gasteiger partial charge is 0.378 e. The van der Waals surface area contributed by atoms with Crippen molar-refractivity contribution in [1.29, 1.82) is 0 Å². The Labute approximate surface area is 168 Å². The van der Waals surface area contributed by atoms with Crippen molar-refractivity contribution in [2.75, 3.05) is 32.1 Å². The Kier molecular flexibility index (Phi) is 10.8. The average Bonchev–Trinajstić information content (AvgIpc) is 2.63. The molecule has 0 bridgehead atoms. The van der Waals surface area contributed by atoms with E-state index in [-0.39, 0.29) is 12.0 Å². The first kappa shape index (κ1) is 23.2. The molecule has 27 heavy (non-hydrogen) atoms. The quantitative estimate of drug-likeness (QED) is 0.417. The van der Waals surface area contributed by atoms with Crippen LogP contribution in [0.25, 0.3) is 0 Å². The predicted molar refractivity (Wildman–Crippen MR) is 114 cm³/mol. The van der Waals surface area contributed by atoms with Crippen LogP contribution in [0.3, 0.4) is 0 Å². The minimum Gasteiger partial charge on any atom is -0.378 e. The zero-order valence-corrected chi connectivity index (χ0v) is 17.8. The summed E-state index contributed by atoms with van der Waals surface area (Å²) in [4.78, 5) is 16.3. The number of anilines is 1. The molecule has 0 fully saturated rings. The molecule has 7 heteroatoms. The number of carbonyl (C=O) groups is 1. The smallest absolute Gasteiger partial charge is 0.226 e. The van der Waals surface area contributed by atoms with E-state index in [0.29, 0.717) is 29.9 Å². The number of nitrogens with one attached hydrogen (secondary N) is 3. The van der Waals surface area contributed by atoms with Crippen molar-refractivity contribution in [3.05, 3.63) is 28.8 Å². The Hall–Kier alpha value is -1.79. The van der Waals surface area contributed by atoms with Crippen LogP contribution in [-0.2, 0) is 9.53 Å². The van der Waals surface area contributed by atoms with Gasteiger partial charge in [-0.1, -0.05) is 31.5 Å². The lowest BCUT2D eigenvalue weighted by Gasteiger charge is -2.21. The Morgan fingerprint density at radius 1 is 1.26 bits per heavy atom. The Bertz CT molecular complexity index is 620. The highest BCUT2D eigenvalue weighted by atomic mass is 35.5. The molecule has 0 saturated carbocycles. The van der Waals surface area contributed by atoms with E-state index in [1.165, 1.54) is 0 Å². The summed E-state index contributed by atoms with van der Waals surface area (Å²) in [5.41, 5.74) is 1.61. The van der Waals surface area contributed by atoms with E-state index in [2.05, 4.69) is 34.8 Å². The van der Waals surface area contributed by atoms with Crippen LogP contribution < -0.4 is 16.0 Å². The van der Waals surface area contributed by atoms with E-state index in [4.69, 9.17) is 16.3 Å². The van der Waals surface area contributed by atoms with E-state index in [0.717, 1.165) is 30.8 Å². The minimum atomic E-state index is -0.0699. The molecule has 1 atom stereocenters. The molecule has 0 aromatic heterocycles. The van der Waals surface area contributed by atoms with Gasteiger partial charge in [0.15, 0.2) is 5.96 Å². The van der Waals surface area contributed by atoms with Gasteiger partial charge in [0.25, 0.3) is 0 Å². The first-order valence-corrected chi connectivity index (χ1v) is 9.87. The van der Waals surface area contributed by atoms with Crippen LogP contribution in [0.5, 0.6) is 0 Å². The lowest BCUT2D eigenvalue weighted by Crippen LogP contribution is -2.40. The number of halogens is 1. The van der Waals surface area contributed by atoms with Gasteiger partial charge in [0.1, 0.15) is 0 Å². The summed E-state index contributed by atoms with van der Waals surface area (Å²) in [6, 6.07) is 5.47. The van der Waals surface area contributed by atoms with Gasteiger partial charge < -0.3 is 20.7 Å². The number of benzene rings is 1. The molecule has 152 valence electrons. The van der Waals surface area contributed by atoms with Crippen LogP contribution in [0.4, 0.5) is 5.69 Å². The zero-order chi connectivity index (χ0) is 20.2. The highest BCUT2D eigenvalue weighted by Crippen LogP contribution is 2.22. The lowest BCUT2D eigenvalue weighted by molar-refractivity contribution is -0.116. The standard InChI is InChI=1S/C20H33ClN4O2/c1-6-27-18(14(2)3)10-12-23-20(22-5)24-13-11-19(26)25-17-9-7-8-16(21)15(17)4/h7-9,14,18H,6,10-13H2,1-5H3,(H,25,26)(H2,22,23,24). The highest BCUT2D eigenvalue weighted by Gasteiger charge is 2.13. The summed E-state index contributed by atoms with van der Waals surface area (Å²) < 4.78 is 5.74. The fourth-order valence-corrected chi connectivity index (χ4v) is 2.80. The molecular formula is C20H33ClN4O2. The number of aliphatic imine (C=N–C) groups is 1. The number of rotatable bonds is 10. The van der Waals surface area contributed by atoms with Crippen LogP contribution in [-0.4, -0.2) is 44.7 Å². The molecular weight excluding hydrogens is 364 g/mol. The van der Waals surface area contributed by atoms with Gasteiger partial charge in [0.2, 0.25) is 5.91 Å². The van der Waals surface area contributed by atoms with Gasteiger partial charge in [-0.15, -0.1) is 0 Å². The number of amides is 1. The number of nitrogens with zero attached hydrogens (tertiary/aromatic N) is 1. The molecule has 0 heterocycles. The first-order valence-electron chi connectivity index (χ1n) is 9.50. The molecule has 0 radical (unpaired) electrons. The van der Waals surface area contributed by atoms with Crippen LogP contribution in [0.15, 0.2) is 23.2 Å². The maximum absolute atomic E-state index is 12.1. The van der Waals surface area contributed by atoms with E-state index < -0.39 is 0 Å². The van der Waals surface area contributed by atoms with Crippen molar-refractivity contribution < 1.29 is 9.53 Å². The van der Waals surface area contributed by atoms with E-state index >= 15 is 0 Å². The molecule has 1 aromatic carbocycles. The third-order valence-corrected chi connectivity index (χ3v) is 4.66. The van der Waals surface area contributed by atoms with Crippen molar-refractivity contribution in [2.45, 2.75) is 46.6 Å². The van der Waals surface area contributed by atoms with Crippen LogP contribution >= 0.6 is 11.6 Å². The zero-order valence-electron chi connectivity index (χ0n) is 17.1. The minimum absolute atomic E-state index is 0.0699. The summed E-state index contributed by atoms with van der Waals surface area (Å²) in [7, 11) is 1.72. The normalized spacial score (nSPS) is 12.8. The number of hydrogen-bond donors (Lipinski definition) is 3. The van der Waals surface area contributed by atoms with Gasteiger partial charge in [-0.25, -0.2) is 0 Å². The second kappa shape index (κ2) is 12.6. The summed E-state index contributed by atoms with van der Waals surface area (Å²) in [5.74, 6) is 1.08. The van der Waals surface area contributed by atoms with E-state index in [9.17, 15) is 4.79 Å². The molecule has 0 spiro atoms. The number of ether oxygens (including phenoxy) is 1. The fraction of sp³-hybridized carbons (Fsp3) is 0.600. The Balaban J connectivity index is 2.34. The number of hydrogen-bond acceptors (Lipinski definition) is 3. The lowest BCUT2D eigenvalue weighted by atomic mass is 10.0.